The zero-order valence-electron chi connectivity index (χ0n) is 11.9. The average Bonchev–Trinajstić information content (AvgIpc) is 3.12. The molecule has 1 aliphatic heterocycles. The summed E-state index contributed by atoms with van der Waals surface area (Å²) in [5, 5.41) is 5.47. The molecule has 1 atom stereocenters. The van der Waals surface area contributed by atoms with Crippen LogP contribution in [-0.4, -0.2) is 24.0 Å². The molecule has 2 fully saturated rings. The minimum Gasteiger partial charge on any atom is -0.490 e. The van der Waals surface area contributed by atoms with Crippen LogP contribution in [0.1, 0.15) is 38.5 Å². The normalized spacial score (nSPS) is 22.1. The fourth-order valence-electron chi connectivity index (χ4n) is 2.86. The Morgan fingerprint density at radius 2 is 1.86 bits per heavy atom. The number of ether oxygens (including phenoxy) is 1. The quantitative estimate of drug-likeness (QED) is 0.892. The predicted molar refractivity (Wildman–Crippen MR) is 79.1 cm³/mol. The van der Waals surface area contributed by atoms with Gasteiger partial charge in [-0.05, 0) is 56.4 Å². The Labute approximate surface area is 124 Å². The highest BCUT2D eigenvalue weighted by atomic mass is 16.5. The van der Waals surface area contributed by atoms with Crippen LogP contribution < -0.4 is 15.4 Å². The first-order chi connectivity index (χ1) is 10.2. The molecular formula is C16H20N2O3. The van der Waals surface area contributed by atoms with Gasteiger partial charge in [0.05, 0.1) is 6.10 Å². The van der Waals surface area contributed by atoms with Crippen molar-refractivity contribution in [3.05, 3.63) is 24.3 Å². The number of carbonyl (C=O) groups excluding carboxylic acids is 2. The number of nitrogens with one attached hydrogen (secondary N) is 2. The summed E-state index contributed by atoms with van der Waals surface area (Å²) in [5.74, 6) is 0.620. The molecule has 112 valence electrons. The van der Waals surface area contributed by atoms with Crippen LogP contribution in [0, 0.1) is 0 Å². The first-order valence-corrected chi connectivity index (χ1v) is 7.58. The van der Waals surface area contributed by atoms with Crippen LogP contribution in [0.25, 0.3) is 0 Å². The van der Waals surface area contributed by atoms with Crippen molar-refractivity contribution in [2.24, 2.45) is 0 Å². The van der Waals surface area contributed by atoms with E-state index in [0.29, 0.717) is 18.9 Å². The van der Waals surface area contributed by atoms with E-state index in [1.807, 2.05) is 24.3 Å². The van der Waals surface area contributed by atoms with E-state index in [4.69, 9.17) is 4.74 Å². The summed E-state index contributed by atoms with van der Waals surface area (Å²) in [5.41, 5.74) is 0.722. The van der Waals surface area contributed by atoms with Crippen molar-refractivity contribution < 1.29 is 14.3 Å². The summed E-state index contributed by atoms with van der Waals surface area (Å²) in [6.07, 6.45) is 6.05. The van der Waals surface area contributed by atoms with Crippen LogP contribution in [0.5, 0.6) is 5.75 Å². The SMILES string of the molecule is O=C1CCC(C(=O)Nc2ccc(OC3CCCC3)cc2)N1. The van der Waals surface area contributed by atoms with E-state index >= 15 is 0 Å². The van der Waals surface area contributed by atoms with Crippen molar-refractivity contribution in [1.82, 2.24) is 5.32 Å². The van der Waals surface area contributed by atoms with Crippen LogP contribution in [0.4, 0.5) is 5.69 Å². The third kappa shape index (κ3) is 3.54. The minimum atomic E-state index is -0.410. The van der Waals surface area contributed by atoms with Gasteiger partial charge in [0, 0.05) is 12.1 Å². The van der Waals surface area contributed by atoms with Gasteiger partial charge in [-0.3, -0.25) is 9.59 Å². The van der Waals surface area contributed by atoms with Gasteiger partial charge in [0.15, 0.2) is 0 Å². The number of rotatable bonds is 4. The molecule has 1 aromatic rings. The van der Waals surface area contributed by atoms with Crippen LogP contribution in [0.2, 0.25) is 0 Å². The van der Waals surface area contributed by atoms with E-state index < -0.39 is 6.04 Å². The van der Waals surface area contributed by atoms with Gasteiger partial charge < -0.3 is 15.4 Å². The Morgan fingerprint density at radius 3 is 2.48 bits per heavy atom. The Balaban J connectivity index is 1.54. The summed E-state index contributed by atoms with van der Waals surface area (Å²) < 4.78 is 5.88. The van der Waals surface area contributed by atoms with Crippen molar-refractivity contribution in [2.45, 2.75) is 50.7 Å². The predicted octanol–water partition coefficient (Wildman–Crippen LogP) is 2.23. The molecule has 1 saturated carbocycles. The standard InChI is InChI=1S/C16H20N2O3/c19-15-10-9-14(18-15)16(20)17-11-5-7-13(8-6-11)21-12-3-1-2-4-12/h5-8,12,14H,1-4,9-10H2,(H,17,20)(H,18,19). The average molecular weight is 288 g/mol. The van der Waals surface area contributed by atoms with Gasteiger partial charge in [-0.1, -0.05) is 0 Å². The van der Waals surface area contributed by atoms with Crippen molar-refractivity contribution in [1.29, 1.82) is 0 Å². The topological polar surface area (TPSA) is 67.4 Å². The highest BCUT2D eigenvalue weighted by molar-refractivity contribution is 5.98. The Bertz CT molecular complexity index is 521. The zero-order valence-corrected chi connectivity index (χ0v) is 11.9. The molecule has 2 amide bonds. The molecule has 2 aliphatic rings. The third-order valence-corrected chi connectivity index (χ3v) is 4.04. The maximum absolute atomic E-state index is 12.0. The van der Waals surface area contributed by atoms with Gasteiger partial charge in [-0.15, -0.1) is 0 Å². The van der Waals surface area contributed by atoms with Gasteiger partial charge in [-0.2, -0.15) is 0 Å². The van der Waals surface area contributed by atoms with Crippen molar-refractivity contribution in [3.8, 4) is 5.75 Å². The summed E-state index contributed by atoms with van der Waals surface area (Å²) >= 11 is 0. The van der Waals surface area contributed by atoms with Gasteiger partial charge in [-0.25, -0.2) is 0 Å². The molecule has 1 unspecified atom stereocenters. The number of hydrogen-bond acceptors (Lipinski definition) is 3. The second-order valence-corrected chi connectivity index (χ2v) is 5.70. The van der Waals surface area contributed by atoms with Crippen molar-refractivity contribution >= 4 is 17.5 Å². The molecule has 1 heterocycles. The number of amides is 2. The van der Waals surface area contributed by atoms with Crippen LogP contribution in [-0.2, 0) is 9.59 Å². The second kappa shape index (κ2) is 6.16. The lowest BCUT2D eigenvalue weighted by Crippen LogP contribution is -2.37. The summed E-state index contributed by atoms with van der Waals surface area (Å²) in [6, 6.07) is 7.01. The van der Waals surface area contributed by atoms with Crippen LogP contribution in [0.3, 0.4) is 0 Å². The monoisotopic (exact) mass is 288 g/mol. The number of carbonyl (C=O) groups is 2. The smallest absolute Gasteiger partial charge is 0.246 e. The molecule has 0 aromatic heterocycles. The summed E-state index contributed by atoms with van der Waals surface area (Å²) in [4.78, 5) is 23.1. The zero-order chi connectivity index (χ0) is 14.7. The van der Waals surface area contributed by atoms with Gasteiger partial charge in [0.2, 0.25) is 11.8 Å². The lowest BCUT2D eigenvalue weighted by atomic mass is 10.2. The summed E-state index contributed by atoms with van der Waals surface area (Å²) in [6.45, 7) is 0. The molecule has 1 saturated heterocycles. The number of hydrogen-bond donors (Lipinski definition) is 2. The lowest BCUT2D eigenvalue weighted by molar-refractivity contribution is -0.122. The van der Waals surface area contributed by atoms with Gasteiger partial charge in [0.1, 0.15) is 11.8 Å². The molecule has 3 rings (SSSR count). The van der Waals surface area contributed by atoms with Crippen molar-refractivity contribution in [2.75, 3.05) is 5.32 Å². The highest BCUT2D eigenvalue weighted by Crippen LogP contribution is 2.25. The Morgan fingerprint density at radius 1 is 1.14 bits per heavy atom. The first kappa shape index (κ1) is 13.9. The summed E-state index contributed by atoms with van der Waals surface area (Å²) in [7, 11) is 0. The fraction of sp³-hybridized carbons (Fsp3) is 0.500. The highest BCUT2D eigenvalue weighted by Gasteiger charge is 2.27. The van der Waals surface area contributed by atoms with Crippen LogP contribution >= 0.6 is 0 Å². The van der Waals surface area contributed by atoms with E-state index in [-0.39, 0.29) is 11.8 Å². The van der Waals surface area contributed by atoms with Gasteiger partial charge in [0.25, 0.3) is 0 Å². The molecule has 1 aromatic carbocycles. The Hall–Kier alpha value is -2.04. The molecule has 21 heavy (non-hydrogen) atoms. The van der Waals surface area contributed by atoms with E-state index in [2.05, 4.69) is 10.6 Å². The lowest BCUT2D eigenvalue weighted by Gasteiger charge is -2.14. The minimum absolute atomic E-state index is 0.0598. The maximum atomic E-state index is 12.0. The van der Waals surface area contributed by atoms with E-state index in [9.17, 15) is 9.59 Å². The number of benzene rings is 1. The van der Waals surface area contributed by atoms with E-state index in [0.717, 1.165) is 24.3 Å². The molecule has 5 nitrogen and oxygen atoms in total. The van der Waals surface area contributed by atoms with Crippen LogP contribution in [0.15, 0.2) is 24.3 Å². The Kier molecular flexibility index (Phi) is 4.08. The van der Waals surface area contributed by atoms with Crippen molar-refractivity contribution in [3.63, 3.8) is 0 Å². The molecular weight excluding hydrogens is 268 g/mol. The fourth-order valence-corrected chi connectivity index (χ4v) is 2.86. The molecule has 0 bridgehead atoms. The molecule has 1 aliphatic carbocycles. The first-order valence-electron chi connectivity index (χ1n) is 7.58. The molecule has 5 heteroatoms. The molecule has 2 N–H and O–H groups in total. The molecule has 0 radical (unpaired) electrons. The molecule has 0 spiro atoms. The number of anilines is 1. The largest absolute Gasteiger partial charge is 0.490 e. The van der Waals surface area contributed by atoms with E-state index in [1.54, 1.807) is 0 Å². The maximum Gasteiger partial charge on any atom is 0.246 e. The van der Waals surface area contributed by atoms with Gasteiger partial charge >= 0.3 is 0 Å². The second-order valence-electron chi connectivity index (χ2n) is 5.70. The van der Waals surface area contributed by atoms with E-state index in [1.165, 1.54) is 12.8 Å². The third-order valence-electron chi connectivity index (χ3n) is 4.04.